The van der Waals surface area contributed by atoms with Crippen LogP contribution in [0.4, 0.5) is 8.78 Å². The van der Waals surface area contributed by atoms with E-state index >= 15 is 0 Å². The van der Waals surface area contributed by atoms with Crippen LogP contribution in [-0.2, 0) is 0 Å². The molecule has 0 fully saturated rings. The predicted octanol–water partition coefficient (Wildman–Crippen LogP) is 3.82. The number of alkyl halides is 3. The molecule has 0 spiro atoms. The minimum atomic E-state index is -2.23. The Morgan fingerprint density at radius 3 is 2.23 bits per heavy atom. The normalized spacial score (nSPS) is 13.2. The highest BCUT2D eigenvalue weighted by Crippen LogP contribution is 2.24. The Kier molecular flexibility index (Phi) is 4.36. The van der Waals surface area contributed by atoms with E-state index in [2.05, 4.69) is 15.9 Å². The fraction of sp³-hybridized carbons (Fsp3) is 0.400. The van der Waals surface area contributed by atoms with Crippen LogP contribution < -0.4 is 0 Å². The SMILES string of the molecule is FC(F)CC(CBr)c1ccccc1. The zero-order valence-electron chi connectivity index (χ0n) is 7.09. The molecule has 1 rings (SSSR count). The molecule has 0 aliphatic carbocycles. The molecule has 1 atom stereocenters. The first-order valence-corrected chi connectivity index (χ1v) is 5.25. The van der Waals surface area contributed by atoms with Gasteiger partial charge in [-0.1, -0.05) is 46.3 Å². The lowest BCUT2D eigenvalue weighted by molar-refractivity contribution is 0.130. The summed E-state index contributed by atoms with van der Waals surface area (Å²) in [6, 6.07) is 9.40. The third-order valence-corrected chi connectivity index (χ3v) is 2.70. The van der Waals surface area contributed by atoms with Crippen LogP contribution in [0, 0.1) is 0 Å². The van der Waals surface area contributed by atoms with Crippen molar-refractivity contribution >= 4 is 15.9 Å². The number of halogens is 3. The zero-order chi connectivity index (χ0) is 9.68. The monoisotopic (exact) mass is 248 g/mol. The summed E-state index contributed by atoms with van der Waals surface area (Å²) in [7, 11) is 0. The van der Waals surface area contributed by atoms with E-state index in [1.807, 2.05) is 30.3 Å². The molecule has 0 aliphatic rings. The molecule has 0 aliphatic heterocycles. The third kappa shape index (κ3) is 3.43. The second kappa shape index (κ2) is 5.32. The van der Waals surface area contributed by atoms with Gasteiger partial charge in [-0.25, -0.2) is 8.78 Å². The van der Waals surface area contributed by atoms with E-state index in [1.165, 1.54) is 0 Å². The molecule has 1 unspecified atom stereocenters. The molecule has 0 amide bonds. The van der Waals surface area contributed by atoms with Crippen LogP contribution in [0.3, 0.4) is 0 Å². The number of benzene rings is 1. The Hall–Kier alpha value is -0.440. The van der Waals surface area contributed by atoms with Crippen LogP contribution >= 0.6 is 15.9 Å². The summed E-state index contributed by atoms with van der Waals surface area (Å²) in [6.45, 7) is 0. The van der Waals surface area contributed by atoms with Crippen molar-refractivity contribution < 1.29 is 8.78 Å². The molecule has 0 nitrogen and oxygen atoms in total. The second-order valence-corrected chi connectivity index (χ2v) is 3.54. The molecule has 3 heteroatoms. The van der Waals surface area contributed by atoms with E-state index in [9.17, 15) is 8.78 Å². The largest absolute Gasteiger partial charge is 0.239 e. The summed E-state index contributed by atoms with van der Waals surface area (Å²) in [4.78, 5) is 0. The highest BCUT2D eigenvalue weighted by Gasteiger charge is 2.15. The van der Waals surface area contributed by atoms with Gasteiger partial charge >= 0.3 is 0 Å². The van der Waals surface area contributed by atoms with Crippen molar-refractivity contribution in [3.8, 4) is 0 Å². The standard InChI is InChI=1S/C10H11BrF2/c11-7-9(6-10(12)13)8-4-2-1-3-5-8/h1-5,9-10H,6-7H2. The minimum absolute atomic E-state index is 0.0741. The van der Waals surface area contributed by atoms with Gasteiger partial charge in [-0.2, -0.15) is 0 Å². The first-order valence-electron chi connectivity index (χ1n) is 4.13. The van der Waals surface area contributed by atoms with Crippen molar-refractivity contribution in [2.45, 2.75) is 18.8 Å². The maximum absolute atomic E-state index is 12.1. The van der Waals surface area contributed by atoms with Crippen molar-refractivity contribution in [2.75, 3.05) is 5.33 Å². The number of rotatable bonds is 4. The van der Waals surface area contributed by atoms with Crippen LogP contribution in [-0.4, -0.2) is 11.8 Å². The maximum Gasteiger partial charge on any atom is 0.239 e. The summed E-state index contributed by atoms with van der Waals surface area (Å²) >= 11 is 3.25. The summed E-state index contributed by atoms with van der Waals surface area (Å²) in [5.41, 5.74) is 0.972. The maximum atomic E-state index is 12.1. The Balaban J connectivity index is 2.67. The molecule has 0 bridgehead atoms. The van der Waals surface area contributed by atoms with Crippen LogP contribution in [0.2, 0.25) is 0 Å². The second-order valence-electron chi connectivity index (χ2n) is 2.89. The van der Waals surface area contributed by atoms with Gasteiger partial charge in [-0.15, -0.1) is 0 Å². The van der Waals surface area contributed by atoms with Crippen molar-refractivity contribution in [1.82, 2.24) is 0 Å². The average molecular weight is 249 g/mol. The first-order chi connectivity index (χ1) is 6.24. The average Bonchev–Trinajstić information content (AvgIpc) is 2.15. The summed E-state index contributed by atoms with van der Waals surface area (Å²) < 4.78 is 24.3. The van der Waals surface area contributed by atoms with Crippen molar-refractivity contribution in [2.24, 2.45) is 0 Å². The molecule has 1 aromatic rings. The van der Waals surface area contributed by atoms with Gasteiger partial charge in [0, 0.05) is 11.8 Å². The van der Waals surface area contributed by atoms with Gasteiger partial charge < -0.3 is 0 Å². The Labute approximate surface area is 85.1 Å². The molecule has 0 radical (unpaired) electrons. The quantitative estimate of drug-likeness (QED) is 0.711. The third-order valence-electron chi connectivity index (χ3n) is 1.92. The molecular weight excluding hydrogens is 238 g/mol. The van der Waals surface area contributed by atoms with E-state index in [0.29, 0.717) is 5.33 Å². The van der Waals surface area contributed by atoms with Gasteiger partial charge in [0.2, 0.25) is 6.43 Å². The lowest BCUT2D eigenvalue weighted by atomic mass is 9.98. The fourth-order valence-electron chi connectivity index (χ4n) is 1.23. The molecule has 0 heterocycles. The van der Waals surface area contributed by atoms with Crippen LogP contribution in [0.25, 0.3) is 0 Å². The van der Waals surface area contributed by atoms with E-state index in [0.717, 1.165) is 5.56 Å². The van der Waals surface area contributed by atoms with Gasteiger partial charge in [-0.05, 0) is 11.5 Å². The van der Waals surface area contributed by atoms with Gasteiger partial charge in [0.25, 0.3) is 0 Å². The zero-order valence-corrected chi connectivity index (χ0v) is 8.68. The smallest absolute Gasteiger partial charge is 0.211 e. The summed E-state index contributed by atoms with van der Waals surface area (Å²) in [5.74, 6) is -0.0822. The highest BCUT2D eigenvalue weighted by molar-refractivity contribution is 9.09. The van der Waals surface area contributed by atoms with Crippen molar-refractivity contribution in [3.63, 3.8) is 0 Å². The van der Waals surface area contributed by atoms with Crippen molar-refractivity contribution in [3.05, 3.63) is 35.9 Å². The predicted molar refractivity (Wildman–Crippen MR) is 53.6 cm³/mol. The van der Waals surface area contributed by atoms with Crippen LogP contribution in [0.1, 0.15) is 17.9 Å². The Morgan fingerprint density at radius 1 is 1.15 bits per heavy atom. The van der Waals surface area contributed by atoms with Gasteiger partial charge in [0.15, 0.2) is 0 Å². The van der Waals surface area contributed by atoms with E-state index in [4.69, 9.17) is 0 Å². The highest BCUT2D eigenvalue weighted by atomic mass is 79.9. The van der Waals surface area contributed by atoms with Gasteiger partial charge in [0.1, 0.15) is 0 Å². The summed E-state index contributed by atoms with van der Waals surface area (Å²) in [6.07, 6.45) is -2.31. The molecule has 0 saturated carbocycles. The minimum Gasteiger partial charge on any atom is -0.211 e. The van der Waals surface area contributed by atoms with Crippen LogP contribution in [0.15, 0.2) is 30.3 Å². The lowest BCUT2D eigenvalue weighted by Gasteiger charge is -2.13. The van der Waals surface area contributed by atoms with Crippen LogP contribution in [0.5, 0.6) is 0 Å². The molecule has 0 N–H and O–H groups in total. The first kappa shape index (κ1) is 10.6. The molecule has 0 saturated heterocycles. The number of hydrogen-bond donors (Lipinski definition) is 0. The van der Waals surface area contributed by atoms with Crippen molar-refractivity contribution in [1.29, 1.82) is 0 Å². The van der Waals surface area contributed by atoms with E-state index in [1.54, 1.807) is 0 Å². The molecular formula is C10H11BrF2. The molecule has 13 heavy (non-hydrogen) atoms. The Morgan fingerprint density at radius 2 is 1.77 bits per heavy atom. The molecule has 72 valence electrons. The molecule has 0 aromatic heterocycles. The topological polar surface area (TPSA) is 0 Å². The molecule has 1 aromatic carbocycles. The summed E-state index contributed by atoms with van der Waals surface area (Å²) in [5, 5.41) is 0.585. The van der Waals surface area contributed by atoms with Gasteiger partial charge in [-0.3, -0.25) is 0 Å². The number of hydrogen-bond acceptors (Lipinski definition) is 0. The fourth-order valence-corrected chi connectivity index (χ4v) is 1.87. The van der Waals surface area contributed by atoms with E-state index in [-0.39, 0.29) is 12.3 Å². The van der Waals surface area contributed by atoms with Gasteiger partial charge in [0.05, 0.1) is 0 Å². The lowest BCUT2D eigenvalue weighted by Crippen LogP contribution is -2.05. The van der Waals surface area contributed by atoms with E-state index < -0.39 is 6.43 Å². The Bertz CT molecular complexity index is 236.